The molecule has 0 spiro atoms. The molecule has 2 N–H and O–H groups in total. The normalized spacial score (nSPS) is 10.3. The second-order valence-corrected chi connectivity index (χ2v) is 3.64. The average molecular weight is 234 g/mol. The maximum absolute atomic E-state index is 5.53. The van der Waals surface area contributed by atoms with Gasteiger partial charge < -0.3 is 19.7 Å². The Morgan fingerprint density at radius 2 is 1.82 bits per heavy atom. The van der Waals surface area contributed by atoms with Gasteiger partial charge in [0, 0.05) is 6.07 Å². The Morgan fingerprint density at radius 3 is 2.35 bits per heavy atom. The van der Waals surface area contributed by atoms with E-state index in [1.54, 1.807) is 20.3 Å². The van der Waals surface area contributed by atoms with Gasteiger partial charge in [0.25, 0.3) is 0 Å². The maximum atomic E-state index is 5.53. The average Bonchev–Trinajstić information content (AvgIpc) is 2.75. The molecule has 1 heterocycles. The number of aryl methyl sites for hydroxylation is 1. The van der Waals surface area contributed by atoms with Crippen molar-refractivity contribution >= 4 is 5.82 Å². The molecular formula is C12H14N2O3. The lowest BCUT2D eigenvalue weighted by atomic mass is 10.1. The molecule has 0 amide bonds. The topological polar surface area (TPSA) is 70.5 Å². The van der Waals surface area contributed by atoms with Crippen LogP contribution in [-0.2, 0) is 0 Å². The number of hydrogen-bond donors (Lipinski definition) is 1. The van der Waals surface area contributed by atoms with Gasteiger partial charge in [0.05, 0.1) is 19.8 Å². The summed E-state index contributed by atoms with van der Waals surface area (Å²) in [5.41, 5.74) is 7.28. The third-order valence-corrected chi connectivity index (χ3v) is 2.51. The summed E-state index contributed by atoms with van der Waals surface area (Å²) in [4.78, 5) is 0. The van der Waals surface area contributed by atoms with Gasteiger partial charge in [0.15, 0.2) is 11.6 Å². The monoisotopic (exact) mass is 234 g/mol. The van der Waals surface area contributed by atoms with Gasteiger partial charge in [0.2, 0.25) is 0 Å². The van der Waals surface area contributed by atoms with Crippen LogP contribution in [0.25, 0.3) is 11.3 Å². The van der Waals surface area contributed by atoms with E-state index < -0.39 is 0 Å². The van der Waals surface area contributed by atoms with Crippen LogP contribution in [0.3, 0.4) is 0 Å². The number of hydrogen-bond acceptors (Lipinski definition) is 5. The van der Waals surface area contributed by atoms with E-state index in [0.29, 0.717) is 17.3 Å². The van der Waals surface area contributed by atoms with Crippen molar-refractivity contribution in [2.45, 2.75) is 6.92 Å². The lowest BCUT2D eigenvalue weighted by molar-refractivity contribution is 0.396. The summed E-state index contributed by atoms with van der Waals surface area (Å²) in [7, 11) is 3.22. The van der Waals surface area contributed by atoms with Crippen LogP contribution in [-0.4, -0.2) is 19.4 Å². The molecule has 5 heteroatoms. The first kappa shape index (κ1) is 11.3. The molecule has 0 bridgehead atoms. The molecule has 5 nitrogen and oxygen atoms in total. The lowest BCUT2D eigenvalue weighted by Crippen LogP contribution is -1.92. The molecular weight excluding hydrogens is 220 g/mol. The van der Waals surface area contributed by atoms with Crippen molar-refractivity contribution in [1.29, 1.82) is 0 Å². The highest BCUT2D eigenvalue weighted by atomic mass is 16.5. The molecule has 0 radical (unpaired) electrons. The molecule has 2 rings (SSSR count). The Morgan fingerprint density at radius 1 is 1.12 bits per heavy atom. The van der Waals surface area contributed by atoms with Crippen molar-refractivity contribution in [3.8, 4) is 22.8 Å². The van der Waals surface area contributed by atoms with Crippen LogP contribution in [0, 0.1) is 6.92 Å². The standard InChI is InChI=1S/C12H14N2O3/c1-7-4-10(16-3)8(5-9(7)15-2)11-6-12(13)14-17-11/h4-6H,1-3H3,(H2,13,14). The predicted octanol–water partition coefficient (Wildman–Crippen LogP) is 2.25. The highest BCUT2D eigenvalue weighted by Crippen LogP contribution is 2.36. The highest BCUT2D eigenvalue weighted by molar-refractivity contribution is 5.70. The van der Waals surface area contributed by atoms with Crippen LogP contribution >= 0.6 is 0 Å². The van der Waals surface area contributed by atoms with E-state index >= 15 is 0 Å². The number of benzene rings is 1. The second-order valence-electron chi connectivity index (χ2n) is 3.64. The Balaban J connectivity index is 2.58. The van der Waals surface area contributed by atoms with E-state index in [4.69, 9.17) is 19.7 Å². The van der Waals surface area contributed by atoms with Crippen LogP contribution in [0.4, 0.5) is 5.82 Å². The molecule has 0 aliphatic heterocycles. The van der Waals surface area contributed by atoms with E-state index in [9.17, 15) is 0 Å². The quantitative estimate of drug-likeness (QED) is 0.881. The lowest BCUT2D eigenvalue weighted by Gasteiger charge is -2.10. The van der Waals surface area contributed by atoms with E-state index in [1.807, 2.05) is 19.1 Å². The van der Waals surface area contributed by atoms with Gasteiger partial charge in [-0.1, -0.05) is 5.16 Å². The van der Waals surface area contributed by atoms with Crippen LogP contribution < -0.4 is 15.2 Å². The molecule has 0 aliphatic rings. The van der Waals surface area contributed by atoms with Crippen molar-refractivity contribution in [2.24, 2.45) is 0 Å². The molecule has 17 heavy (non-hydrogen) atoms. The third kappa shape index (κ3) is 2.04. The van der Waals surface area contributed by atoms with Crippen LogP contribution in [0.15, 0.2) is 22.7 Å². The van der Waals surface area contributed by atoms with Crippen LogP contribution in [0.5, 0.6) is 11.5 Å². The first-order valence-corrected chi connectivity index (χ1v) is 5.11. The summed E-state index contributed by atoms with van der Waals surface area (Å²) in [6.07, 6.45) is 0. The molecule has 0 saturated heterocycles. The van der Waals surface area contributed by atoms with Gasteiger partial charge in [-0.15, -0.1) is 0 Å². The summed E-state index contributed by atoms with van der Waals surface area (Å²) >= 11 is 0. The number of methoxy groups -OCH3 is 2. The largest absolute Gasteiger partial charge is 0.496 e. The third-order valence-electron chi connectivity index (χ3n) is 2.51. The first-order chi connectivity index (χ1) is 8.15. The van der Waals surface area contributed by atoms with Crippen LogP contribution in [0.2, 0.25) is 0 Å². The fraction of sp³-hybridized carbons (Fsp3) is 0.250. The summed E-state index contributed by atoms with van der Waals surface area (Å²) in [5.74, 6) is 2.34. The Hall–Kier alpha value is -2.17. The summed E-state index contributed by atoms with van der Waals surface area (Å²) in [6.45, 7) is 1.94. The predicted molar refractivity (Wildman–Crippen MR) is 64.2 cm³/mol. The SMILES string of the molecule is COc1cc(-c2cc(N)no2)c(OC)cc1C. The number of nitrogen functional groups attached to an aromatic ring is 1. The van der Waals surface area contributed by atoms with Gasteiger partial charge >= 0.3 is 0 Å². The summed E-state index contributed by atoms with van der Waals surface area (Å²) < 4.78 is 15.7. The summed E-state index contributed by atoms with van der Waals surface area (Å²) in [6, 6.07) is 5.37. The van der Waals surface area contributed by atoms with E-state index in [-0.39, 0.29) is 0 Å². The number of nitrogens with zero attached hydrogens (tertiary/aromatic N) is 1. The zero-order valence-electron chi connectivity index (χ0n) is 9.98. The van der Waals surface area contributed by atoms with Crippen molar-refractivity contribution in [2.75, 3.05) is 20.0 Å². The number of rotatable bonds is 3. The molecule has 90 valence electrons. The van der Waals surface area contributed by atoms with Crippen molar-refractivity contribution in [3.63, 3.8) is 0 Å². The zero-order valence-corrected chi connectivity index (χ0v) is 9.98. The minimum atomic E-state index is 0.335. The molecule has 0 unspecified atom stereocenters. The molecule has 1 aromatic heterocycles. The van der Waals surface area contributed by atoms with E-state index in [2.05, 4.69) is 5.16 Å². The maximum Gasteiger partial charge on any atom is 0.172 e. The first-order valence-electron chi connectivity index (χ1n) is 5.11. The fourth-order valence-corrected chi connectivity index (χ4v) is 1.66. The number of nitrogens with two attached hydrogens (primary N) is 1. The Kier molecular flexibility index (Phi) is 2.91. The Bertz CT molecular complexity index is 535. The molecule has 0 saturated carbocycles. The van der Waals surface area contributed by atoms with E-state index in [1.165, 1.54) is 0 Å². The molecule has 0 atom stereocenters. The minimum Gasteiger partial charge on any atom is -0.496 e. The van der Waals surface area contributed by atoms with Gasteiger partial charge in [-0.2, -0.15) is 0 Å². The van der Waals surface area contributed by atoms with Gasteiger partial charge in [-0.05, 0) is 24.6 Å². The van der Waals surface area contributed by atoms with Crippen molar-refractivity contribution in [1.82, 2.24) is 5.16 Å². The van der Waals surface area contributed by atoms with Crippen LogP contribution in [0.1, 0.15) is 5.56 Å². The van der Waals surface area contributed by atoms with Gasteiger partial charge in [-0.3, -0.25) is 0 Å². The second kappa shape index (κ2) is 4.37. The molecule has 2 aromatic rings. The fourth-order valence-electron chi connectivity index (χ4n) is 1.66. The molecule has 1 aromatic carbocycles. The van der Waals surface area contributed by atoms with E-state index in [0.717, 1.165) is 16.9 Å². The Labute approximate surface area is 99.1 Å². The summed E-state index contributed by atoms with van der Waals surface area (Å²) in [5, 5.41) is 3.65. The van der Waals surface area contributed by atoms with Gasteiger partial charge in [-0.25, -0.2) is 0 Å². The zero-order chi connectivity index (χ0) is 12.4. The van der Waals surface area contributed by atoms with Gasteiger partial charge in [0.1, 0.15) is 11.5 Å². The molecule has 0 aliphatic carbocycles. The van der Waals surface area contributed by atoms with Crippen molar-refractivity contribution in [3.05, 3.63) is 23.8 Å². The number of ether oxygens (including phenoxy) is 2. The number of anilines is 1. The van der Waals surface area contributed by atoms with Crippen molar-refractivity contribution < 1.29 is 14.0 Å². The molecule has 0 fully saturated rings. The smallest absolute Gasteiger partial charge is 0.172 e. The highest BCUT2D eigenvalue weighted by Gasteiger charge is 2.14. The minimum absolute atomic E-state index is 0.335. The number of aromatic nitrogens is 1.